The quantitative estimate of drug-likeness (QED) is 0.238. The fourth-order valence-electron chi connectivity index (χ4n) is 0.831. The highest BCUT2D eigenvalue weighted by Gasteiger charge is 2.23. The molecule has 1 saturated heterocycles. The summed E-state index contributed by atoms with van der Waals surface area (Å²) in [7, 11) is 0. The van der Waals surface area contributed by atoms with Crippen LogP contribution in [0.4, 0.5) is 0 Å². The van der Waals surface area contributed by atoms with Crippen LogP contribution in [-0.2, 0) is 23.8 Å². The molecule has 5 nitrogen and oxygen atoms in total. The van der Waals surface area contributed by atoms with Gasteiger partial charge in [-0.3, -0.25) is 0 Å². The number of rotatable bonds is 7. The second-order valence-corrected chi connectivity index (χ2v) is 4.06. The maximum absolute atomic E-state index is 10.7. The van der Waals surface area contributed by atoms with Crippen LogP contribution in [0.1, 0.15) is 26.7 Å². The van der Waals surface area contributed by atoms with Crippen molar-refractivity contribution in [3.8, 4) is 0 Å². The molecule has 0 bridgehead atoms. The lowest BCUT2D eigenvalue weighted by Gasteiger charge is -2.01. The van der Waals surface area contributed by atoms with Gasteiger partial charge in [-0.2, -0.15) is 0 Å². The van der Waals surface area contributed by atoms with Crippen LogP contribution in [0, 0.1) is 0 Å². The molecule has 1 atom stereocenters. The second-order valence-electron chi connectivity index (χ2n) is 4.06. The molecule has 0 saturated carbocycles. The van der Waals surface area contributed by atoms with E-state index < -0.39 is 0 Å². The Hall–Kier alpha value is -1.88. The number of carbonyl (C=O) groups excluding carboxylic acids is 2. The molecule has 21 heavy (non-hydrogen) atoms. The van der Waals surface area contributed by atoms with Crippen molar-refractivity contribution in [3.05, 3.63) is 38.0 Å². The van der Waals surface area contributed by atoms with E-state index in [1.165, 1.54) is 0 Å². The van der Waals surface area contributed by atoms with Gasteiger partial charge in [0, 0.05) is 11.6 Å². The van der Waals surface area contributed by atoms with Gasteiger partial charge in [-0.05, 0) is 13.3 Å². The third-order valence-corrected chi connectivity index (χ3v) is 2.06. The Balaban J connectivity index is 0. The van der Waals surface area contributed by atoms with E-state index in [1.54, 1.807) is 6.92 Å². The van der Waals surface area contributed by atoms with Gasteiger partial charge in [-0.25, -0.2) is 9.59 Å². The van der Waals surface area contributed by atoms with Crippen molar-refractivity contribution in [1.29, 1.82) is 0 Å². The molecule has 5 heteroatoms. The lowest BCUT2D eigenvalue weighted by Crippen LogP contribution is -2.06. The highest BCUT2D eigenvalue weighted by molar-refractivity contribution is 5.86. The SMILES string of the molecule is C=C.C=C(C)C(=O)OCCCC.C=CC(=O)OCC1CO1. The van der Waals surface area contributed by atoms with Crippen LogP contribution in [0.5, 0.6) is 0 Å². The monoisotopic (exact) mass is 298 g/mol. The van der Waals surface area contributed by atoms with Gasteiger partial charge >= 0.3 is 11.9 Å². The molecular formula is C16H26O5. The zero-order chi connectivity index (χ0) is 16.7. The number of esters is 2. The first kappa shape index (κ1) is 21.4. The molecule has 1 fully saturated rings. The van der Waals surface area contributed by atoms with Crippen LogP contribution in [0.25, 0.3) is 0 Å². The Morgan fingerprint density at radius 3 is 2.29 bits per heavy atom. The van der Waals surface area contributed by atoms with Crippen molar-refractivity contribution in [3.63, 3.8) is 0 Å². The van der Waals surface area contributed by atoms with Crippen LogP contribution >= 0.6 is 0 Å². The van der Waals surface area contributed by atoms with Gasteiger partial charge in [0.1, 0.15) is 12.7 Å². The normalized spacial score (nSPS) is 14.3. The number of carbonyl (C=O) groups is 2. The summed E-state index contributed by atoms with van der Waals surface area (Å²) in [5.41, 5.74) is 0.469. The minimum atomic E-state index is -0.384. The Morgan fingerprint density at radius 2 is 1.90 bits per heavy atom. The van der Waals surface area contributed by atoms with E-state index in [2.05, 4.69) is 38.0 Å². The topological polar surface area (TPSA) is 65.1 Å². The molecule has 0 spiro atoms. The summed E-state index contributed by atoms with van der Waals surface area (Å²) in [4.78, 5) is 21.0. The smallest absolute Gasteiger partial charge is 0.333 e. The van der Waals surface area contributed by atoms with Crippen molar-refractivity contribution >= 4 is 11.9 Å². The Morgan fingerprint density at radius 1 is 1.33 bits per heavy atom. The van der Waals surface area contributed by atoms with Gasteiger partial charge in [0.2, 0.25) is 0 Å². The molecule has 1 heterocycles. The third kappa shape index (κ3) is 16.1. The number of ether oxygens (including phenoxy) is 3. The van der Waals surface area contributed by atoms with E-state index in [0.717, 1.165) is 18.9 Å². The highest BCUT2D eigenvalue weighted by atomic mass is 16.6. The van der Waals surface area contributed by atoms with Crippen LogP contribution in [0.3, 0.4) is 0 Å². The average Bonchev–Trinajstić information content (AvgIpc) is 3.31. The van der Waals surface area contributed by atoms with Crippen molar-refractivity contribution in [2.75, 3.05) is 19.8 Å². The summed E-state index contributed by atoms with van der Waals surface area (Å²) in [6.45, 7) is 18.0. The molecule has 1 aliphatic heterocycles. The number of hydrogen-bond donors (Lipinski definition) is 0. The molecule has 0 aromatic heterocycles. The van der Waals surface area contributed by atoms with Crippen molar-refractivity contribution in [2.24, 2.45) is 0 Å². The Labute approximate surface area is 127 Å². The maximum atomic E-state index is 10.7. The van der Waals surface area contributed by atoms with Gasteiger partial charge in [0.25, 0.3) is 0 Å². The summed E-state index contributed by atoms with van der Waals surface area (Å²) < 4.78 is 14.2. The molecule has 1 aliphatic rings. The lowest BCUT2D eigenvalue weighted by atomic mass is 10.3. The van der Waals surface area contributed by atoms with Crippen molar-refractivity contribution in [1.82, 2.24) is 0 Å². The maximum Gasteiger partial charge on any atom is 0.333 e. The number of hydrogen-bond acceptors (Lipinski definition) is 5. The second kappa shape index (κ2) is 14.5. The van der Waals surface area contributed by atoms with Crippen LogP contribution < -0.4 is 0 Å². The molecule has 0 aromatic carbocycles. The standard InChI is InChI=1S/C8H14O2.C6H8O3.C2H4/c1-4-5-6-10-8(9)7(2)3;1-2-6(7)9-4-5-3-8-5;1-2/h2,4-6H2,1,3H3;2,5H,1,3-4H2;1-2H2. The van der Waals surface area contributed by atoms with E-state index in [1.807, 2.05) is 0 Å². The predicted octanol–water partition coefficient (Wildman–Crippen LogP) is 2.82. The zero-order valence-electron chi connectivity index (χ0n) is 13.1. The lowest BCUT2D eigenvalue weighted by molar-refractivity contribution is -0.139. The van der Waals surface area contributed by atoms with E-state index in [-0.39, 0.29) is 18.0 Å². The van der Waals surface area contributed by atoms with Crippen molar-refractivity contribution < 1.29 is 23.8 Å². The molecule has 0 N–H and O–H groups in total. The van der Waals surface area contributed by atoms with Gasteiger partial charge < -0.3 is 14.2 Å². The molecule has 1 rings (SSSR count). The minimum Gasteiger partial charge on any atom is -0.462 e. The molecule has 0 aromatic rings. The molecule has 1 unspecified atom stereocenters. The molecule has 120 valence electrons. The average molecular weight is 298 g/mol. The van der Waals surface area contributed by atoms with Gasteiger partial charge in [-0.1, -0.05) is 26.5 Å². The van der Waals surface area contributed by atoms with E-state index in [9.17, 15) is 9.59 Å². The Kier molecular flexibility index (Phi) is 14.8. The van der Waals surface area contributed by atoms with Crippen LogP contribution in [0.2, 0.25) is 0 Å². The first-order chi connectivity index (χ1) is 10.0. The molecule has 0 amide bonds. The van der Waals surface area contributed by atoms with Crippen molar-refractivity contribution in [2.45, 2.75) is 32.8 Å². The minimum absolute atomic E-state index is 0.147. The van der Waals surface area contributed by atoms with Crippen LogP contribution in [0.15, 0.2) is 38.0 Å². The summed E-state index contributed by atoms with van der Waals surface area (Å²) in [6, 6.07) is 0. The predicted molar refractivity (Wildman–Crippen MR) is 82.8 cm³/mol. The molecule has 0 aliphatic carbocycles. The first-order valence-electron chi connectivity index (χ1n) is 6.74. The van der Waals surface area contributed by atoms with E-state index in [4.69, 9.17) is 9.47 Å². The fourth-order valence-corrected chi connectivity index (χ4v) is 0.831. The largest absolute Gasteiger partial charge is 0.462 e. The van der Waals surface area contributed by atoms with Gasteiger partial charge in [0.15, 0.2) is 0 Å². The summed E-state index contributed by atoms with van der Waals surface area (Å²) >= 11 is 0. The highest BCUT2D eigenvalue weighted by Crippen LogP contribution is 2.08. The fraction of sp³-hybridized carbons (Fsp3) is 0.500. The van der Waals surface area contributed by atoms with Crippen LogP contribution in [-0.4, -0.2) is 37.9 Å². The number of epoxide rings is 1. The third-order valence-electron chi connectivity index (χ3n) is 2.06. The molecular weight excluding hydrogens is 272 g/mol. The van der Waals surface area contributed by atoms with E-state index in [0.29, 0.717) is 25.4 Å². The van der Waals surface area contributed by atoms with Gasteiger partial charge in [-0.15, -0.1) is 13.2 Å². The Bertz CT molecular complexity index is 332. The van der Waals surface area contributed by atoms with E-state index >= 15 is 0 Å². The first-order valence-corrected chi connectivity index (χ1v) is 6.74. The summed E-state index contributed by atoms with van der Waals surface area (Å²) in [5, 5.41) is 0. The summed E-state index contributed by atoms with van der Waals surface area (Å²) in [5.74, 6) is -0.668. The number of unbranched alkanes of at least 4 members (excludes halogenated alkanes) is 1. The van der Waals surface area contributed by atoms with Gasteiger partial charge in [0.05, 0.1) is 13.2 Å². The summed E-state index contributed by atoms with van der Waals surface area (Å²) in [6.07, 6.45) is 3.26. The molecule has 0 radical (unpaired) electrons. The zero-order valence-corrected chi connectivity index (χ0v) is 13.1.